The highest BCUT2D eigenvalue weighted by molar-refractivity contribution is 7.25. The first-order chi connectivity index (χ1) is 12.3. The van der Waals surface area contributed by atoms with Crippen molar-refractivity contribution in [1.82, 2.24) is 9.97 Å². The Bertz CT molecular complexity index is 1160. The summed E-state index contributed by atoms with van der Waals surface area (Å²) in [6, 6.07) is 7.26. The van der Waals surface area contributed by atoms with E-state index in [0.717, 1.165) is 25.9 Å². The van der Waals surface area contributed by atoms with Crippen molar-refractivity contribution in [2.45, 2.75) is 13.8 Å². The number of aryl methyl sites for hydroxylation is 2. The van der Waals surface area contributed by atoms with E-state index in [1.807, 2.05) is 31.2 Å². The lowest BCUT2D eigenvalue weighted by Gasteiger charge is -2.02. The summed E-state index contributed by atoms with van der Waals surface area (Å²) < 4.78 is 39.6. The van der Waals surface area contributed by atoms with Gasteiger partial charge in [0.2, 0.25) is 0 Å². The summed E-state index contributed by atoms with van der Waals surface area (Å²) in [5, 5.41) is 2.22. The minimum atomic E-state index is -2.45. The molecule has 3 heterocycles. The highest BCUT2D eigenvalue weighted by atomic mass is 32.1. The highest BCUT2D eigenvalue weighted by Crippen LogP contribution is 2.36. The molecule has 1 aromatic carbocycles. The summed E-state index contributed by atoms with van der Waals surface area (Å²) in [5.41, 5.74) is 1.96. The van der Waals surface area contributed by atoms with Crippen LogP contribution in [0.3, 0.4) is 0 Å². The fourth-order valence-corrected chi connectivity index (χ4v) is 3.63. The molecule has 0 aliphatic heterocycles. The molecule has 0 N–H and O–H groups in total. The zero-order chi connectivity index (χ0) is 18.6. The molecule has 4 aromatic rings. The second kappa shape index (κ2) is 4.64. The van der Waals surface area contributed by atoms with Crippen molar-refractivity contribution in [3.63, 3.8) is 0 Å². The van der Waals surface area contributed by atoms with Gasteiger partial charge in [-0.2, -0.15) is 0 Å². The van der Waals surface area contributed by atoms with Crippen LogP contribution in [-0.2, 0) is 0 Å². The molecule has 0 fully saturated rings. The minimum Gasteiger partial charge on any atom is -0.256 e. The Labute approximate surface area is 134 Å². The molecule has 0 amide bonds. The molecule has 0 radical (unpaired) electrons. The van der Waals surface area contributed by atoms with Crippen molar-refractivity contribution >= 4 is 31.6 Å². The Morgan fingerprint density at radius 1 is 1.19 bits per heavy atom. The van der Waals surface area contributed by atoms with E-state index in [1.165, 1.54) is 6.20 Å². The number of hydrogen-bond acceptors (Lipinski definition) is 3. The topological polar surface area (TPSA) is 25.8 Å². The van der Waals surface area contributed by atoms with E-state index in [4.69, 9.17) is 6.85 Å². The standard InChI is InChI=1S/C18H14N2S/c1-11-3-6-15(20-10-11)13-4-5-14-16(9-13)21-18-17(14)12(2)7-8-19-18/h3-10H,1-2H3/i1D3,3D,6D. The van der Waals surface area contributed by atoms with Crippen LogP contribution >= 0.6 is 11.3 Å². The highest BCUT2D eigenvalue weighted by Gasteiger charge is 2.09. The Balaban J connectivity index is 1.91. The smallest absolute Gasteiger partial charge is 0.124 e. The van der Waals surface area contributed by atoms with Crippen LogP contribution in [0.1, 0.15) is 18.0 Å². The maximum atomic E-state index is 8.19. The average Bonchev–Trinajstić information content (AvgIpc) is 2.95. The molecule has 2 nitrogen and oxygen atoms in total. The van der Waals surface area contributed by atoms with Gasteiger partial charge < -0.3 is 0 Å². The van der Waals surface area contributed by atoms with Gasteiger partial charge in [0, 0.05) is 37.5 Å². The molecular formula is C18H14N2S. The second-order valence-electron chi connectivity index (χ2n) is 4.89. The molecular weight excluding hydrogens is 276 g/mol. The van der Waals surface area contributed by atoms with Crippen LogP contribution in [0, 0.1) is 13.8 Å². The predicted octanol–water partition coefficient (Wildman–Crippen LogP) is 5.13. The van der Waals surface area contributed by atoms with Gasteiger partial charge >= 0.3 is 0 Å². The van der Waals surface area contributed by atoms with Gasteiger partial charge in [-0.25, -0.2) is 4.98 Å². The van der Waals surface area contributed by atoms with Crippen molar-refractivity contribution < 1.29 is 6.85 Å². The largest absolute Gasteiger partial charge is 0.256 e. The third-order valence-corrected chi connectivity index (χ3v) is 4.55. The lowest BCUT2D eigenvalue weighted by molar-refractivity contribution is 1.27. The van der Waals surface area contributed by atoms with Crippen LogP contribution in [0.2, 0.25) is 0 Å². The van der Waals surface area contributed by atoms with Gasteiger partial charge in [0.05, 0.1) is 8.44 Å². The van der Waals surface area contributed by atoms with Crippen LogP contribution in [0.25, 0.3) is 31.6 Å². The summed E-state index contributed by atoms with van der Waals surface area (Å²) in [6.07, 6.45) is 2.97. The molecule has 0 saturated heterocycles. The monoisotopic (exact) mass is 295 g/mol. The van der Waals surface area contributed by atoms with Gasteiger partial charge in [0.25, 0.3) is 0 Å². The van der Waals surface area contributed by atoms with E-state index in [0.29, 0.717) is 11.3 Å². The van der Waals surface area contributed by atoms with E-state index >= 15 is 0 Å². The summed E-state index contributed by atoms with van der Waals surface area (Å²) >= 11 is 1.57. The lowest BCUT2D eigenvalue weighted by Crippen LogP contribution is -1.83. The molecule has 0 unspecified atom stereocenters. The van der Waals surface area contributed by atoms with Gasteiger partial charge in [-0.05, 0) is 43.1 Å². The number of rotatable bonds is 1. The molecule has 0 atom stereocenters. The van der Waals surface area contributed by atoms with Crippen LogP contribution in [0.4, 0.5) is 0 Å². The summed E-state index contributed by atoms with van der Waals surface area (Å²) in [4.78, 5) is 9.55. The van der Waals surface area contributed by atoms with Crippen molar-refractivity contribution in [3.05, 3.63) is 59.9 Å². The number of aromatic nitrogens is 2. The maximum Gasteiger partial charge on any atom is 0.124 e. The van der Waals surface area contributed by atoms with Gasteiger partial charge in [-0.15, -0.1) is 11.3 Å². The lowest BCUT2D eigenvalue weighted by atomic mass is 10.1. The van der Waals surface area contributed by atoms with E-state index in [1.54, 1.807) is 17.5 Å². The number of benzene rings is 1. The zero-order valence-corrected chi connectivity index (χ0v) is 12.1. The molecule has 0 aliphatic carbocycles. The number of fused-ring (bicyclic) bond motifs is 3. The predicted molar refractivity (Wildman–Crippen MR) is 89.8 cm³/mol. The maximum absolute atomic E-state index is 8.19. The number of hydrogen-bond donors (Lipinski definition) is 0. The van der Waals surface area contributed by atoms with Gasteiger partial charge in [-0.3, -0.25) is 4.98 Å². The molecule has 0 bridgehead atoms. The van der Waals surface area contributed by atoms with Crippen LogP contribution in [-0.4, -0.2) is 9.97 Å². The van der Waals surface area contributed by atoms with E-state index < -0.39 is 6.85 Å². The van der Waals surface area contributed by atoms with E-state index in [2.05, 4.69) is 9.97 Å². The normalized spacial score (nSPS) is 15.4. The van der Waals surface area contributed by atoms with Crippen molar-refractivity contribution in [1.29, 1.82) is 0 Å². The van der Waals surface area contributed by atoms with Crippen molar-refractivity contribution in [3.8, 4) is 11.3 Å². The number of nitrogens with zero attached hydrogens (tertiary/aromatic N) is 2. The Morgan fingerprint density at radius 3 is 3.05 bits per heavy atom. The molecule has 4 rings (SSSR count). The van der Waals surface area contributed by atoms with Gasteiger partial charge in [0.15, 0.2) is 0 Å². The first-order valence-corrected chi connectivity index (χ1v) is 7.34. The van der Waals surface area contributed by atoms with Crippen molar-refractivity contribution in [2.75, 3.05) is 0 Å². The van der Waals surface area contributed by atoms with Gasteiger partial charge in [0.1, 0.15) is 4.83 Å². The third kappa shape index (κ3) is 2.01. The van der Waals surface area contributed by atoms with E-state index in [9.17, 15) is 0 Å². The Hall–Kier alpha value is -2.26. The zero-order valence-electron chi connectivity index (χ0n) is 16.3. The summed E-state index contributed by atoms with van der Waals surface area (Å²) in [7, 11) is 0. The average molecular weight is 295 g/mol. The molecule has 0 saturated carbocycles. The molecule has 0 spiro atoms. The number of thiophene rings is 1. The SMILES string of the molecule is [2H]c1c(C([2H])([2H])[2H])cnc(-c2ccc3c(c2)sc2nccc(C)c23)c1[2H]. The fraction of sp³-hybridized carbons (Fsp3) is 0.111. The van der Waals surface area contributed by atoms with Crippen LogP contribution in [0.5, 0.6) is 0 Å². The molecule has 3 heteroatoms. The van der Waals surface area contributed by atoms with Crippen LogP contribution in [0.15, 0.2) is 48.7 Å². The quantitative estimate of drug-likeness (QED) is 0.486. The van der Waals surface area contributed by atoms with Crippen molar-refractivity contribution in [2.24, 2.45) is 0 Å². The third-order valence-electron chi connectivity index (χ3n) is 3.49. The molecule has 102 valence electrons. The first-order valence-electron chi connectivity index (χ1n) is 9.02. The first kappa shape index (κ1) is 8.25. The Morgan fingerprint density at radius 2 is 2.14 bits per heavy atom. The molecule has 21 heavy (non-hydrogen) atoms. The minimum absolute atomic E-state index is 0.173. The second-order valence-corrected chi connectivity index (χ2v) is 5.92. The number of pyridine rings is 2. The molecule has 3 aromatic heterocycles. The Kier molecular flexibility index (Phi) is 1.82. The van der Waals surface area contributed by atoms with E-state index in [-0.39, 0.29) is 17.6 Å². The fourth-order valence-electron chi connectivity index (χ4n) is 2.47. The summed E-state index contributed by atoms with van der Waals surface area (Å²) in [6.45, 7) is -0.398. The van der Waals surface area contributed by atoms with Gasteiger partial charge in [-0.1, -0.05) is 18.2 Å². The molecule has 0 aliphatic rings. The summed E-state index contributed by atoms with van der Waals surface area (Å²) in [5.74, 6) is 0. The van der Waals surface area contributed by atoms with Crippen LogP contribution < -0.4 is 0 Å².